The van der Waals surface area contributed by atoms with E-state index in [9.17, 15) is 4.79 Å². The number of aliphatic carboxylic acids is 1. The number of carbonyl (C=O) groups is 1. The topological polar surface area (TPSA) is 61.1 Å². The van der Waals surface area contributed by atoms with Crippen LogP contribution in [0.1, 0.15) is 21.2 Å². The second-order valence-electron chi connectivity index (χ2n) is 1.96. The molecule has 0 spiro atoms. The number of nitriles is 1. The molecule has 0 rings (SSSR count). The van der Waals surface area contributed by atoms with E-state index in [2.05, 4.69) is 0 Å². The zero-order chi connectivity index (χ0) is 7.28. The first kappa shape index (κ1) is 12.6. The standard InChI is InChI=1S/C6H9NO2.Na.H/c1-5(4-7)2-3-6(8)9;;/h5H,2-3H2,1H3,(H,8,9);;/q;+1;-1. The van der Waals surface area contributed by atoms with Crippen molar-refractivity contribution in [3.05, 3.63) is 0 Å². The van der Waals surface area contributed by atoms with Crippen LogP contribution < -0.4 is 29.6 Å². The molecule has 0 saturated heterocycles. The molecule has 0 saturated carbocycles. The smallest absolute Gasteiger partial charge is 1.00 e. The summed E-state index contributed by atoms with van der Waals surface area (Å²) < 4.78 is 0. The molecular formula is C6H10NNaO2. The van der Waals surface area contributed by atoms with Gasteiger partial charge in [0.15, 0.2) is 0 Å². The molecule has 52 valence electrons. The maximum Gasteiger partial charge on any atom is 1.00 e. The monoisotopic (exact) mass is 151 g/mol. The SMILES string of the molecule is CC(C#N)CCC(=O)O.[H-].[Na+]. The molecule has 3 nitrogen and oxygen atoms in total. The summed E-state index contributed by atoms with van der Waals surface area (Å²) in [5.74, 6) is -0.974. The van der Waals surface area contributed by atoms with Crippen molar-refractivity contribution in [3.63, 3.8) is 0 Å². The quantitative estimate of drug-likeness (QED) is 0.480. The summed E-state index contributed by atoms with van der Waals surface area (Å²) in [6, 6.07) is 1.96. The average molecular weight is 151 g/mol. The van der Waals surface area contributed by atoms with E-state index >= 15 is 0 Å². The zero-order valence-corrected chi connectivity index (χ0v) is 8.29. The van der Waals surface area contributed by atoms with Gasteiger partial charge >= 0.3 is 35.5 Å². The van der Waals surface area contributed by atoms with Gasteiger partial charge in [-0.25, -0.2) is 0 Å². The van der Waals surface area contributed by atoms with Gasteiger partial charge in [0.25, 0.3) is 0 Å². The van der Waals surface area contributed by atoms with Gasteiger partial charge in [0, 0.05) is 12.3 Å². The Kier molecular flexibility index (Phi) is 8.92. The average Bonchev–Trinajstić information content (AvgIpc) is 1.83. The van der Waals surface area contributed by atoms with Crippen molar-refractivity contribution >= 4 is 5.97 Å². The van der Waals surface area contributed by atoms with Gasteiger partial charge in [-0.1, -0.05) is 0 Å². The number of carboxylic acids is 1. The van der Waals surface area contributed by atoms with Crippen LogP contribution in [0.5, 0.6) is 0 Å². The Morgan fingerprint density at radius 1 is 1.90 bits per heavy atom. The molecule has 4 heteroatoms. The summed E-state index contributed by atoms with van der Waals surface area (Å²) in [5, 5.41) is 16.4. The van der Waals surface area contributed by atoms with Crippen molar-refractivity contribution in [1.82, 2.24) is 0 Å². The van der Waals surface area contributed by atoms with Gasteiger partial charge in [-0.3, -0.25) is 4.79 Å². The van der Waals surface area contributed by atoms with E-state index in [-0.39, 0.29) is 43.3 Å². The Balaban J connectivity index is -0.000000320. The van der Waals surface area contributed by atoms with Crippen molar-refractivity contribution in [2.75, 3.05) is 0 Å². The Labute approximate surface area is 83.8 Å². The molecule has 0 fully saturated rings. The molecule has 10 heavy (non-hydrogen) atoms. The fourth-order valence-corrected chi connectivity index (χ4v) is 0.405. The van der Waals surface area contributed by atoms with E-state index in [1.807, 2.05) is 6.07 Å². The molecule has 0 amide bonds. The minimum absolute atomic E-state index is 0. The van der Waals surface area contributed by atoms with Crippen LogP contribution in [0.2, 0.25) is 0 Å². The molecule has 0 bridgehead atoms. The Bertz CT molecular complexity index is 146. The van der Waals surface area contributed by atoms with E-state index in [1.165, 1.54) is 0 Å². The van der Waals surface area contributed by atoms with Gasteiger partial charge in [0.1, 0.15) is 0 Å². The van der Waals surface area contributed by atoms with Crippen LogP contribution in [0.15, 0.2) is 0 Å². The molecule has 0 aliphatic carbocycles. The number of rotatable bonds is 3. The fraction of sp³-hybridized carbons (Fsp3) is 0.667. The van der Waals surface area contributed by atoms with Crippen LogP contribution in [-0.4, -0.2) is 11.1 Å². The van der Waals surface area contributed by atoms with Gasteiger partial charge in [-0.2, -0.15) is 5.26 Å². The van der Waals surface area contributed by atoms with Crippen molar-refractivity contribution < 1.29 is 40.9 Å². The summed E-state index contributed by atoms with van der Waals surface area (Å²) in [6.07, 6.45) is 0.542. The van der Waals surface area contributed by atoms with Crippen LogP contribution in [-0.2, 0) is 4.79 Å². The van der Waals surface area contributed by atoms with Crippen molar-refractivity contribution in [3.8, 4) is 6.07 Å². The van der Waals surface area contributed by atoms with E-state index in [0.717, 1.165) is 0 Å². The van der Waals surface area contributed by atoms with Gasteiger partial charge in [-0.15, -0.1) is 0 Å². The van der Waals surface area contributed by atoms with E-state index < -0.39 is 5.97 Å². The van der Waals surface area contributed by atoms with E-state index in [4.69, 9.17) is 10.4 Å². The maximum absolute atomic E-state index is 9.91. The summed E-state index contributed by atoms with van der Waals surface area (Å²) in [6.45, 7) is 1.71. The van der Waals surface area contributed by atoms with Gasteiger partial charge in [-0.05, 0) is 13.3 Å². The molecule has 0 aliphatic rings. The third-order valence-corrected chi connectivity index (χ3v) is 1.01. The number of hydrogen-bond donors (Lipinski definition) is 1. The number of nitrogens with zero attached hydrogens (tertiary/aromatic N) is 1. The van der Waals surface area contributed by atoms with Crippen LogP contribution in [0.25, 0.3) is 0 Å². The molecular weight excluding hydrogens is 141 g/mol. The predicted octanol–water partition coefficient (Wildman–Crippen LogP) is -1.87. The van der Waals surface area contributed by atoms with Gasteiger partial charge < -0.3 is 6.53 Å². The molecule has 1 N–H and O–H groups in total. The summed E-state index contributed by atoms with van der Waals surface area (Å²) >= 11 is 0. The van der Waals surface area contributed by atoms with Gasteiger partial charge in [0.05, 0.1) is 6.07 Å². The van der Waals surface area contributed by atoms with Crippen molar-refractivity contribution in [2.45, 2.75) is 19.8 Å². The van der Waals surface area contributed by atoms with Crippen LogP contribution in [0, 0.1) is 17.2 Å². The third-order valence-electron chi connectivity index (χ3n) is 1.01. The largest absolute Gasteiger partial charge is 1.00 e. The first-order chi connectivity index (χ1) is 4.16. The molecule has 0 aromatic carbocycles. The molecule has 0 aromatic heterocycles. The molecule has 0 heterocycles. The first-order valence-electron chi connectivity index (χ1n) is 2.78. The molecule has 1 unspecified atom stereocenters. The first-order valence-corrected chi connectivity index (χ1v) is 2.78. The number of hydrogen-bond acceptors (Lipinski definition) is 2. The van der Waals surface area contributed by atoms with Crippen LogP contribution >= 0.6 is 0 Å². The summed E-state index contributed by atoms with van der Waals surface area (Å²) in [4.78, 5) is 9.91. The molecule has 0 aliphatic heterocycles. The number of carboxylic acid groups (broad SMARTS) is 1. The Hall–Kier alpha value is -0.0400. The zero-order valence-electron chi connectivity index (χ0n) is 7.29. The minimum atomic E-state index is -0.836. The maximum atomic E-state index is 9.91. The van der Waals surface area contributed by atoms with E-state index in [1.54, 1.807) is 6.92 Å². The van der Waals surface area contributed by atoms with Crippen molar-refractivity contribution in [1.29, 1.82) is 5.26 Å². The second-order valence-corrected chi connectivity index (χ2v) is 1.96. The Morgan fingerprint density at radius 3 is 2.70 bits per heavy atom. The van der Waals surface area contributed by atoms with Crippen molar-refractivity contribution in [2.24, 2.45) is 5.92 Å². The molecule has 0 aromatic rings. The van der Waals surface area contributed by atoms with E-state index in [0.29, 0.717) is 6.42 Å². The third kappa shape index (κ3) is 7.96. The second kappa shape index (κ2) is 7.07. The van der Waals surface area contributed by atoms with Gasteiger partial charge in [0.2, 0.25) is 0 Å². The van der Waals surface area contributed by atoms with Crippen LogP contribution in [0.4, 0.5) is 0 Å². The normalized spacial score (nSPS) is 10.8. The summed E-state index contributed by atoms with van der Waals surface area (Å²) in [7, 11) is 0. The minimum Gasteiger partial charge on any atom is -1.00 e. The Morgan fingerprint density at radius 2 is 2.40 bits per heavy atom. The molecule has 1 atom stereocenters. The van der Waals surface area contributed by atoms with Crippen LogP contribution in [0.3, 0.4) is 0 Å². The summed E-state index contributed by atoms with van der Waals surface area (Å²) in [5.41, 5.74) is 0. The molecule has 0 radical (unpaired) electrons. The predicted molar refractivity (Wildman–Crippen MR) is 32.8 cm³/mol. The fourth-order valence-electron chi connectivity index (χ4n) is 0.405.